The Labute approximate surface area is 126 Å². The molecular formula is C14H20N2O6. The lowest BCUT2D eigenvalue weighted by atomic mass is 10.1. The number of ketones is 1. The number of aliphatic hydroxyl groups is 1. The van der Waals surface area contributed by atoms with Gasteiger partial charge in [-0.15, -0.1) is 0 Å². The number of ether oxygens (including phenoxy) is 2. The maximum absolute atomic E-state index is 12.0. The Balaban J connectivity index is 2.37. The number of H-pyrrole nitrogens is 1. The van der Waals surface area contributed by atoms with E-state index in [2.05, 4.69) is 4.98 Å². The van der Waals surface area contributed by atoms with Gasteiger partial charge in [-0.25, -0.2) is 4.79 Å². The van der Waals surface area contributed by atoms with Crippen molar-refractivity contribution in [1.82, 2.24) is 9.55 Å². The molecule has 1 aromatic rings. The lowest BCUT2D eigenvalue weighted by Crippen LogP contribution is -2.40. The molecule has 122 valence electrons. The van der Waals surface area contributed by atoms with Gasteiger partial charge in [0.15, 0.2) is 12.0 Å². The predicted octanol–water partition coefficient (Wildman–Crippen LogP) is -0.512. The van der Waals surface area contributed by atoms with E-state index in [1.165, 1.54) is 17.7 Å². The zero-order valence-electron chi connectivity index (χ0n) is 12.7. The molecule has 2 rings (SSSR count). The normalized spacial score (nSPS) is 28.0. The third-order valence-electron chi connectivity index (χ3n) is 3.61. The maximum atomic E-state index is 12.0. The van der Waals surface area contributed by atoms with Gasteiger partial charge in [-0.1, -0.05) is 6.92 Å². The molecule has 1 aromatic heterocycles. The van der Waals surface area contributed by atoms with Crippen molar-refractivity contribution >= 4 is 5.78 Å². The van der Waals surface area contributed by atoms with Gasteiger partial charge in [-0.05, 0) is 20.3 Å². The molecule has 2 heterocycles. The Morgan fingerprint density at radius 1 is 1.50 bits per heavy atom. The quantitative estimate of drug-likeness (QED) is 0.757. The molecular weight excluding hydrogens is 292 g/mol. The molecule has 1 fully saturated rings. The topological polar surface area (TPSA) is 111 Å². The molecule has 22 heavy (non-hydrogen) atoms. The predicted molar refractivity (Wildman–Crippen MR) is 76.7 cm³/mol. The van der Waals surface area contributed by atoms with Crippen LogP contribution in [0.2, 0.25) is 0 Å². The third kappa shape index (κ3) is 3.18. The third-order valence-corrected chi connectivity index (χ3v) is 3.61. The fourth-order valence-corrected chi connectivity index (χ4v) is 2.45. The molecule has 8 nitrogen and oxygen atoms in total. The van der Waals surface area contributed by atoms with E-state index in [-0.39, 0.29) is 12.4 Å². The summed E-state index contributed by atoms with van der Waals surface area (Å²) in [6.45, 7) is 4.57. The zero-order chi connectivity index (χ0) is 16.4. The van der Waals surface area contributed by atoms with Crippen molar-refractivity contribution in [2.75, 3.05) is 6.61 Å². The van der Waals surface area contributed by atoms with Gasteiger partial charge in [-0.2, -0.15) is 0 Å². The van der Waals surface area contributed by atoms with Crippen molar-refractivity contribution in [3.63, 3.8) is 0 Å². The second-order valence-corrected chi connectivity index (χ2v) is 5.42. The number of aromatic nitrogens is 2. The number of aliphatic hydroxyl groups excluding tert-OH is 1. The maximum Gasteiger partial charge on any atom is 0.330 e. The van der Waals surface area contributed by atoms with E-state index in [1.54, 1.807) is 6.92 Å². The van der Waals surface area contributed by atoms with E-state index >= 15 is 0 Å². The number of rotatable bonds is 5. The largest absolute Gasteiger partial charge is 0.388 e. The van der Waals surface area contributed by atoms with E-state index in [0.29, 0.717) is 12.0 Å². The van der Waals surface area contributed by atoms with Crippen LogP contribution in [0, 0.1) is 6.92 Å². The van der Waals surface area contributed by atoms with Gasteiger partial charge in [0, 0.05) is 11.8 Å². The first-order chi connectivity index (χ1) is 10.3. The Kier molecular flexibility index (Phi) is 4.94. The van der Waals surface area contributed by atoms with E-state index < -0.39 is 35.8 Å². The Hall–Kier alpha value is -1.77. The van der Waals surface area contributed by atoms with Crippen LogP contribution in [-0.2, 0) is 14.3 Å². The van der Waals surface area contributed by atoms with Crippen LogP contribution in [0.4, 0.5) is 0 Å². The molecule has 0 aliphatic carbocycles. The molecule has 0 bridgehead atoms. The van der Waals surface area contributed by atoms with Gasteiger partial charge in [-0.3, -0.25) is 19.1 Å². The highest BCUT2D eigenvalue weighted by Gasteiger charge is 2.45. The number of aromatic amines is 1. The first kappa shape index (κ1) is 16.6. The molecule has 4 unspecified atom stereocenters. The van der Waals surface area contributed by atoms with Crippen molar-refractivity contribution in [3.8, 4) is 0 Å². The number of nitrogens with one attached hydrogen (secondary N) is 1. The highest BCUT2D eigenvalue weighted by Crippen LogP contribution is 2.32. The molecule has 1 aliphatic rings. The summed E-state index contributed by atoms with van der Waals surface area (Å²) in [6.07, 6.45) is -1.36. The molecule has 2 N–H and O–H groups in total. The smallest absolute Gasteiger partial charge is 0.330 e. The van der Waals surface area contributed by atoms with Gasteiger partial charge < -0.3 is 14.6 Å². The molecule has 4 atom stereocenters. The first-order valence-corrected chi connectivity index (χ1v) is 7.11. The molecule has 0 spiro atoms. The summed E-state index contributed by atoms with van der Waals surface area (Å²) in [6, 6.07) is 0. The van der Waals surface area contributed by atoms with E-state index in [9.17, 15) is 19.5 Å². The van der Waals surface area contributed by atoms with Gasteiger partial charge in [0.25, 0.3) is 5.56 Å². The number of carbonyl (C=O) groups is 1. The highest BCUT2D eigenvalue weighted by atomic mass is 16.6. The van der Waals surface area contributed by atoms with Crippen LogP contribution in [0.15, 0.2) is 15.8 Å². The van der Waals surface area contributed by atoms with Crippen molar-refractivity contribution in [2.24, 2.45) is 0 Å². The minimum absolute atomic E-state index is 0.185. The Morgan fingerprint density at radius 3 is 2.77 bits per heavy atom. The van der Waals surface area contributed by atoms with Crippen molar-refractivity contribution in [3.05, 3.63) is 32.6 Å². The Bertz CT molecular complexity index is 664. The number of hydrogen-bond donors (Lipinski definition) is 2. The molecule has 0 saturated carbocycles. The molecule has 0 aromatic carbocycles. The fraction of sp³-hybridized carbons (Fsp3) is 0.643. The average molecular weight is 312 g/mol. The summed E-state index contributed by atoms with van der Waals surface area (Å²) in [5, 5.41) is 10.3. The summed E-state index contributed by atoms with van der Waals surface area (Å²) < 4.78 is 12.3. The van der Waals surface area contributed by atoms with Crippen LogP contribution in [0.1, 0.15) is 32.1 Å². The van der Waals surface area contributed by atoms with Crippen molar-refractivity contribution in [2.45, 2.75) is 51.7 Å². The summed E-state index contributed by atoms with van der Waals surface area (Å²) in [7, 11) is 0. The number of aryl methyl sites for hydroxylation is 1. The lowest BCUT2D eigenvalue weighted by Gasteiger charge is -2.22. The second kappa shape index (κ2) is 6.55. The minimum atomic E-state index is -0.964. The monoisotopic (exact) mass is 312 g/mol. The minimum Gasteiger partial charge on any atom is -0.388 e. The van der Waals surface area contributed by atoms with Gasteiger partial charge in [0.05, 0.1) is 6.10 Å². The lowest BCUT2D eigenvalue weighted by molar-refractivity contribution is -0.128. The number of carbonyl (C=O) groups excluding carboxylic acids is 1. The molecule has 1 saturated heterocycles. The summed E-state index contributed by atoms with van der Waals surface area (Å²) in [5.41, 5.74) is -0.794. The van der Waals surface area contributed by atoms with Crippen LogP contribution < -0.4 is 11.2 Å². The van der Waals surface area contributed by atoms with E-state index in [1.807, 2.05) is 6.92 Å². The van der Waals surface area contributed by atoms with E-state index in [4.69, 9.17) is 9.47 Å². The average Bonchev–Trinajstić information content (AvgIpc) is 2.76. The molecule has 0 radical (unpaired) electrons. The molecule has 0 amide bonds. The summed E-state index contributed by atoms with van der Waals surface area (Å²) >= 11 is 0. The van der Waals surface area contributed by atoms with Crippen LogP contribution in [-0.4, -0.2) is 45.4 Å². The number of nitrogens with zero attached hydrogens (tertiary/aromatic N) is 1. The summed E-state index contributed by atoms with van der Waals surface area (Å²) in [5.74, 6) is -0.198. The number of hydrogen-bond acceptors (Lipinski definition) is 6. The number of Topliss-reactive ketones (excluding diaryl/α,β-unsaturated/α-hetero) is 1. The Morgan fingerprint density at radius 2 is 2.18 bits per heavy atom. The van der Waals surface area contributed by atoms with Gasteiger partial charge >= 0.3 is 5.69 Å². The van der Waals surface area contributed by atoms with Crippen LogP contribution in [0.3, 0.4) is 0 Å². The van der Waals surface area contributed by atoms with Crippen molar-refractivity contribution < 1.29 is 19.4 Å². The second-order valence-electron chi connectivity index (χ2n) is 5.42. The standard InChI is InChI=1S/C14H20N2O6/c1-4-9-10(18)11(21-6-8(3)17)13(22-9)16-5-7(2)12(19)15-14(16)20/h5,9-11,13,18H,4,6H2,1-3H3,(H,15,19,20). The highest BCUT2D eigenvalue weighted by molar-refractivity contribution is 5.76. The van der Waals surface area contributed by atoms with Crippen LogP contribution >= 0.6 is 0 Å². The van der Waals surface area contributed by atoms with Crippen molar-refractivity contribution in [1.29, 1.82) is 0 Å². The zero-order valence-corrected chi connectivity index (χ0v) is 12.7. The van der Waals surface area contributed by atoms with Crippen LogP contribution in [0.5, 0.6) is 0 Å². The van der Waals surface area contributed by atoms with Crippen LogP contribution in [0.25, 0.3) is 0 Å². The van der Waals surface area contributed by atoms with E-state index in [0.717, 1.165) is 0 Å². The van der Waals surface area contributed by atoms with Gasteiger partial charge in [0.1, 0.15) is 18.8 Å². The molecule has 8 heteroatoms. The first-order valence-electron chi connectivity index (χ1n) is 7.11. The summed E-state index contributed by atoms with van der Waals surface area (Å²) in [4.78, 5) is 36.7. The fourth-order valence-electron chi connectivity index (χ4n) is 2.45. The SMILES string of the molecule is CCC1OC(n2cc(C)c(=O)[nH]c2=O)C(OCC(C)=O)C1O. The van der Waals surface area contributed by atoms with Gasteiger partial charge in [0.2, 0.25) is 0 Å². The molecule has 1 aliphatic heterocycles.